The Labute approximate surface area is 142 Å². The van der Waals surface area contributed by atoms with Gasteiger partial charge in [0.15, 0.2) is 16.6 Å². The van der Waals surface area contributed by atoms with Crippen molar-refractivity contribution >= 4 is 22.8 Å². The van der Waals surface area contributed by atoms with Crippen LogP contribution < -0.4 is 5.56 Å². The molecule has 0 aliphatic carbocycles. The quantitative estimate of drug-likeness (QED) is 0.414. The van der Waals surface area contributed by atoms with E-state index in [0.717, 1.165) is 5.69 Å². The molecule has 0 spiro atoms. The predicted molar refractivity (Wildman–Crippen MR) is 93.7 cm³/mol. The maximum Gasteiger partial charge on any atom is 0.278 e. The smallest absolute Gasteiger partial charge is 0.278 e. The lowest BCUT2D eigenvalue weighted by atomic mass is 10.3. The zero-order valence-electron chi connectivity index (χ0n) is 13.2. The molecule has 3 rings (SSSR count). The molecular weight excluding hydrogens is 326 g/mol. The molecule has 0 radical (unpaired) electrons. The summed E-state index contributed by atoms with van der Waals surface area (Å²) in [7, 11) is 0. The molecule has 8 heteroatoms. The number of hydrogen-bond acceptors (Lipinski definition) is 6. The van der Waals surface area contributed by atoms with Gasteiger partial charge in [0.25, 0.3) is 5.56 Å². The first-order valence-electron chi connectivity index (χ1n) is 7.40. The first kappa shape index (κ1) is 16.4. The van der Waals surface area contributed by atoms with Crippen LogP contribution in [-0.4, -0.2) is 42.3 Å². The average Bonchev–Trinajstić information content (AvgIpc) is 2.87. The molecule has 0 aliphatic rings. The molecule has 3 heterocycles. The van der Waals surface area contributed by atoms with Crippen LogP contribution in [0.3, 0.4) is 0 Å². The van der Waals surface area contributed by atoms with Crippen LogP contribution in [0.5, 0.6) is 0 Å². The van der Waals surface area contributed by atoms with E-state index >= 15 is 0 Å². The summed E-state index contributed by atoms with van der Waals surface area (Å²) in [4.78, 5) is 25.9. The molecule has 124 valence electrons. The minimum Gasteiger partial charge on any atom is -0.396 e. The molecule has 0 fully saturated rings. The Morgan fingerprint density at radius 2 is 2.21 bits per heavy atom. The Kier molecular flexibility index (Phi) is 4.77. The van der Waals surface area contributed by atoms with Crippen molar-refractivity contribution < 1.29 is 5.11 Å². The van der Waals surface area contributed by atoms with Gasteiger partial charge in [0.05, 0.1) is 6.54 Å². The van der Waals surface area contributed by atoms with Gasteiger partial charge in [-0.2, -0.15) is 0 Å². The van der Waals surface area contributed by atoms with Gasteiger partial charge in [0, 0.05) is 24.9 Å². The minimum atomic E-state index is -0.188. The average molecular weight is 343 g/mol. The molecule has 3 aromatic rings. The van der Waals surface area contributed by atoms with Gasteiger partial charge in [-0.3, -0.25) is 4.79 Å². The molecule has 1 N–H and O–H groups in total. The van der Waals surface area contributed by atoms with Crippen LogP contribution in [0.25, 0.3) is 16.9 Å². The fraction of sp³-hybridized carbons (Fsp3) is 0.250. The van der Waals surface area contributed by atoms with E-state index in [4.69, 9.17) is 5.11 Å². The normalized spacial score (nSPS) is 11.1. The van der Waals surface area contributed by atoms with Crippen LogP contribution in [0.15, 0.2) is 47.0 Å². The molecule has 24 heavy (non-hydrogen) atoms. The summed E-state index contributed by atoms with van der Waals surface area (Å²) >= 11 is 1.41. The molecule has 0 bridgehead atoms. The van der Waals surface area contributed by atoms with Gasteiger partial charge in [-0.1, -0.05) is 23.9 Å². The third-order valence-electron chi connectivity index (χ3n) is 3.52. The van der Waals surface area contributed by atoms with Gasteiger partial charge in [-0.15, -0.1) is 6.58 Å². The van der Waals surface area contributed by atoms with Gasteiger partial charge in [-0.25, -0.2) is 24.3 Å². The molecule has 3 aromatic heterocycles. The van der Waals surface area contributed by atoms with Gasteiger partial charge in [0.1, 0.15) is 5.39 Å². The maximum atomic E-state index is 12.7. The molecule has 0 atom stereocenters. The number of rotatable bonds is 6. The van der Waals surface area contributed by atoms with E-state index in [-0.39, 0.29) is 12.2 Å². The van der Waals surface area contributed by atoms with E-state index < -0.39 is 0 Å². The van der Waals surface area contributed by atoms with Crippen molar-refractivity contribution in [2.24, 2.45) is 0 Å². The third kappa shape index (κ3) is 2.85. The lowest BCUT2D eigenvalue weighted by Crippen LogP contribution is -2.22. The number of thioether (sulfide) groups is 1. The van der Waals surface area contributed by atoms with Crippen LogP contribution in [0.1, 0.15) is 5.69 Å². The highest BCUT2D eigenvalue weighted by atomic mass is 32.2. The number of hydrogen-bond donors (Lipinski definition) is 1. The van der Waals surface area contributed by atoms with Gasteiger partial charge < -0.3 is 5.11 Å². The Balaban J connectivity index is 2.31. The molecular formula is C16H17N5O2S. The van der Waals surface area contributed by atoms with E-state index in [1.165, 1.54) is 16.4 Å². The first-order valence-corrected chi connectivity index (χ1v) is 8.62. The van der Waals surface area contributed by atoms with Crippen molar-refractivity contribution in [1.29, 1.82) is 0 Å². The van der Waals surface area contributed by atoms with Crippen LogP contribution in [0.4, 0.5) is 0 Å². The second kappa shape index (κ2) is 6.98. The largest absolute Gasteiger partial charge is 0.396 e. The van der Waals surface area contributed by atoms with Gasteiger partial charge >= 0.3 is 0 Å². The molecule has 0 amide bonds. The predicted octanol–water partition coefficient (Wildman–Crippen LogP) is 1.42. The van der Waals surface area contributed by atoms with Crippen LogP contribution in [0.2, 0.25) is 0 Å². The highest BCUT2D eigenvalue weighted by Crippen LogP contribution is 2.17. The summed E-state index contributed by atoms with van der Waals surface area (Å²) in [6.45, 7) is 4.06. The fourth-order valence-electron chi connectivity index (χ4n) is 2.47. The Morgan fingerprint density at radius 1 is 1.38 bits per heavy atom. The molecule has 0 saturated carbocycles. The molecule has 0 aliphatic heterocycles. The number of aliphatic hydroxyl groups is 1. The molecule has 0 unspecified atom stereocenters. The molecule has 7 nitrogen and oxygen atoms in total. The highest BCUT2D eigenvalue weighted by Gasteiger charge is 2.17. The van der Waals surface area contributed by atoms with Crippen LogP contribution in [0, 0.1) is 0 Å². The van der Waals surface area contributed by atoms with E-state index in [1.54, 1.807) is 23.0 Å². The highest BCUT2D eigenvalue weighted by molar-refractivity contribution is 7.98. The fourth-order valence-corrected chi connectivity index (χ4v) is 2.81. The number of nitrogens with zero attached hydrogens (tertiary/aromatic N) is 5. The standard InChI is InChI=1S/C16H17N5O2S/c1-3-8-20-15(23)12-10-17-16(24-2)19-14(12)21(20)13-6-4-5-11(18-13)7-9-22/h3-6,10,22H,1,7-9H2,2H3. The number of fused-ring (bicyclic) bond motifs is 1. The maximum absolute atomic E-state index is 12.7. The topological polar surface area (TPSA) is 85.8 Å². The lowest BCUT2D eigenvalue weighted by molar-refractivity contribution is 0.298. The summed E-state index contributed by atoms with van der Waals surface area (Å²) in [5.74, 6) is 0.570. The SMILES string of the molecule is C=CCn1c(=O)c2cnc(SC)nc2n1-c1cccc(CCO)n1. The van der Waals surface area contributed by atoms with Gasteiger partial charge in [-0.05, 0) is 18.4 Å². The zero-order chi connectivity index (χ0) is 17.1. The van der Waals surface area contributed by atoms with E-state index in [2.05, 4.69) is 21.5 Å². The molecule has 0 saturated heterocycles. The van der Waals surface area contributed by atoms with Crippen LogP contribution in [-0.2, 0) is 13.0 Å². The van der Waals surface area contributed by atoms with E-state index in [1.807, 2.05) is 18.4 Å². The van der Waals surface area contributed by atoms with Gasteiger partial charge in [0.2, 0.25) is 0 Å². The number of aliphatic hydroxyl groups excluding tert-OH is 1. The second-order valence-corrected chi connectivity index (χ2v) is 5.82. The van der Waals surface area contributed by atoms with Crippen molar-refractivity contribution in [2.75, 3.05) is 12.9 Å². The number of pyridine rings is 1. The Morgan fingerprint density at radius 3 is 2.92 bits per heavy atom. The summed E-state index contributed by atoms with van der Waals surface area (Å²) in [5, 5.41) is 10.1. The van der Waals surface area contributed by atoms with Crippen molar-refractivity contribution in [3.63, 3.8) is 0 Å². The monoisotopic (exact) mass is 343 g/mol. The lowest BCUT2D eigenvalue weighted by Gasteiger charge is -2.11. The zero-order valence-corrected chi connectivity index (χ0v) is 14.0. The number of aromatic nitrogens is 5. The summed E-state index contributed by atoms with van der Waals surface area (Å²) in [6.07, 6.45) is 5.52. The van der Waals surface area contributed by atoms with E-state index in [0.29, 0.717) is 35.0 Å². The second-order valence-electron chi connectivity index (χ2n) is 5.04. The third-order valence-corrected chi connectivity index (χ3v) is 4.08. The van der Waals surface area contributed by atoms with Crippen molar-refractivity contribution in [3.8, 4) is 5.82 Å². The number of allylic oxidation sites excluding steroid dienone is 1. The summed E-state index contributed by atoms with van der Waals surface area (Å²) in [5.41, 5.74) is 1.07. The minimum absolute atomic E-state index is 0.0150. The van der Waals surface area contributed by atoms with Crippen LogP contribution >= 0.6 is 11.8 Å². The van der Waals surface area contributed by atoms with Crippen molar-refractivity contribution in [2.45, 2.75) is 18.1 Å². The van der Waals surface area contributed by atoms with E-state index in [9.17, 15) is 4.79 Å². The molecule has 0 aromatic carbocycles. The van der Waals surface area contributed by atoms with Crippen molar-refractivity contribution in [3.05, 3.63) is 53.1 Å². The Hall–Kier alpha value is -2.45. The summed E-state index contributed by atoms with van der Waals surface area (Å²) in [6, 6.07) is 5.49. The summed E-state index contributed by atoms with van der Waals surface area (Å²) < 4.78 is 3.21. The Bertz CT molecular complexity index is 947. The van der Waals surface area contributed by atoms with Crippen molar-refractivity contribution in [1.82, 2.24) is 24.3 Å². The first-order chi connectivity index (χ1) is 11.7.